The molecular weight excluding hydrogens is 302 g/mol. The van der Waals surface area contributed by atoms with Gasteiger partial charge in [0, 0.05) is 10.4 Å². The molecule has 22 heavy (non-hydrogen) atoms. The van der Waals surface area contributed by atoms with Crippen LogP contribution in [0.2, 0.25) is 5.02 Å². The molecule has 0 aliphatic heterocycles. The van der Waals surface area contributed by atoms with Gasteiger partial charge in [0.25, 0.3) is 5.88 Å². The maximum atomic E-state index is 6.01. The van der Waals surface area contributed by atoms with Crippen LogP contribution in [0.4, 0.5) is 0 Å². The highest BCUT2D eigenvalue weighted by atomic mass is 35.5. The summed E-state index contributed by atoms with van der Waals surface area (Å²) in [6.07, 6.45) is 3.04. The van der Waals surface area contributed by atoms with Crippen molar-refractivity contribution in [2.24, 2.45) is 5.41 Å². The molecule has 0 saturated carbocycles. The van der Waals surface area contributed by atoms with Crippen LogP contribution in [-0.4, -0.2) is 21.4 Å². The molecule has 0 fully saturated rings. The van der Waals surface area contributed by atoms with Crippen molar-refractivity contribution in [3.63, 3.8) is 0 Å². The Morgan fingerprint density at radius 3 is 2.41 bits per heavy atom. The highest BCUT2D eigenvalue weighted by molar-refractivity contribution is 6.30. The zero-order chi connectivity index (χ0) is 16.2. The van der Waals surface area contributed by atoms with Crippen LogP contribution >= 0.6 is 11.6 Å². The summed E-state index contributed by atoms with van der Waals surface area (Å²) in [4.78, 5) is 3.98. The van der Waals surface area contributed by atoms with E-state index >= 15 is 0 Å². The highest BCUT2D eigenvalue weighted by Gasteiger charge is 2.26. The molecule has 0 aliphatic carbocycles. The fourth-order valence-electron chi connectivity index (χ4n) is 1.87. The van der Waals surface area contributed by atoms with Gasteiger partial charge in [-0.05, 0) is 31.2 Å². The van der Waals surface area contributed by atoms with Gasteiger partial charge in [-0.1, -0.05) is 32.4 Å². The van der Waals surface area contributed by atoms with E-state index < -0.39 is 0 Å². The van der Waals surface area contributed by atoms with Crippen LogP contribution in [0.5, 0.6) is 5.75 Å². The van der Waals surface area contributed by atoms with E-state index in [0.717, 1.165) is 0 Å². The second-order valence-corrected chi connectivity index (χ2v) is 6.15. The van der Waals surface area contributed by atoms with Crippen LogP contribution < -0.4 is 4.74 Å². The molecule has 2 rings (SSSR count). The van der Waals surface area contributed by atoms with Crippen molar-refractivity contribution in [1.82, 2.24) is 14.8 Å². The van der Waals surface area contributed by atoms with E-state index in [4.69, 9.17) is 21.1 Å². The first-order valence-corrected chi connectivity index (χ1v) is 7.45. The lowest BCUT2D eigenvalue weighted by molar-refractivity contribution is 0.154. The van der Waals surface area contributed by atoms with Gasteiger partial charge in [-0.3, -0.25) is 0 Å². The number of rotatable bonds is 5. The Hall–Kier alpha value is -2.01. The molecule has 0 aliphatic rings. The zero-order valence-electron chi connectivity index (χ0n) is 13.2. The van der Waals surface area contributed by atoms with Crippen LogP contribution in [-0.2, 0) is 4.74 Å². The third kappa shape index (κ3) is 4.01. The molecular formula is C16H20ClN3O2. The maximum absolute atomic E-state index is 6.01. The summed E-state index contributed by atoms with van der Waals surface area (Å²) in [6, 6.07) is 7.14. The van der Waals surface area contributed by atoms with E-state index in [-0.39, 0.29) is 5.41 Å². The van der Waals surface area contributed by atoms with E-state index in [1.165, 1.54) is 6.33 Å². The van der Waals surface area contributed by atoms with Crippen LogP contribution in [0.3, 0.4) is 0 Å². The van der Waals surface area contributed by atoms with Crippen molar-refractivity contribution in [3.8, 4) is 5.75 Å². The zero-order valence-corrected chi connectivity index (χ0v) is 14.0. The van der Waals surface area contributed by atoms with Crippen molar-refractivity contribution < 1.29 is 9.47 Å². The Kier molecular flexibility index (Phi) is 5.08. The fourth-order valence-corrected chi connectivity index (χ4v) is 1.99. The smallest absolute Gasteiger partial charge is 0.261 e. The number of halogens is 1. The molecule has 6 heteroatoms. The van der Waals surface area contributed by atoms with Gasteiger partial charge >= 0.3 is 0 Å². The van der Waals surface area contributed by atoms with Gasteiger partial charge in [0.05, 0.1) is 6.61 Å². The van der Waals surface area contributed by atoms with Crippen LogP contribution in [0.1, 0.15) is 27.7 Å². The number of hydrogen-bond acceptors (Lipinski definition) is 4. The maximum Gasteiger partial charge on any atom is 0.261 e. The second-order valence-electron chi connectivity index (χ2n) is 5.71. The van der Waals surface area contributed by atoms with Gasteiger partial charge in [0.15, 0.2) is 5.76 Å². The molecule has 1 heterocycles. The first kappa shape index (κ1) is 16.4. The minimum Gasteiger partial charge on any atom is -0.492 e. The molecule has 0 unspecified atom stereocenters. The Morgan fingerprint density at radius 1 is 1.23 bits per heavy atom. The molecule has 0 radical (unpaired) electrons. The van der Waals surface area contributed by atoms with Gasteiger partial charge in [-0.15, -0.1) is 0 Å². The first-order valence-electron chi connectivity index (χ1n) is 7.07. The molecule has 118 valence electrons. The Balaban J connectivity index is 2.48. The predicted octanol–water partition coefficient (Wildman–Crippen LogP) is 4.22. The Morgan fingerprint density at radius 2 is 1.91 bits per heavy atom. The summed E-state index contributed by atoms with van der Waals surface area (Å²) in [6.45, 7) is 8.64. The third-order valence-corrected chi connectivity index (χ3v) is 3.07. The van der Waals surface area contributed by atoms with E-state index in [9.17, 15) is 0 Å². The highest BCUT2D eigenvalue weighted by Crippen LogP contribution is 2.32. The van der Waals surface area contributed by atoms with Gasteiger partial charge < -0.3 is 9.47 Å². The van der Waals surface area contributed by atoms with E-state index in [1.807, 2.05) is 6.92 Å². The molecule has 5 nitrogen and oxygen atoms in total. The Labute approximate surface area is 135 Å². The van der Waals surface area contributed by atoms with E-state index in [1.54, 1.807) is 35.3 Å². The average molecular weight is 322 g/mol. The van der Waals surface area contributed by atoms with Crippen molar-refractivity contribution in [2.45, 2.75) is 27.7 Å². The number of allylic oxidation sites excluding steroid dienone is 1. The predicted molar refractivity (Wildman–Crippen MR) is 86.4 cm³/mol. The molecule has 1 aromatic heterocycles. The summed E-state index contributed by atoms with van der Waals surface area (Å²) in [5, 5.41) is 4.82. The third-order valence-electron chi connectivity index (χ3n) is 2.82. The second kappa shape index (κ2) is 6.83. The lowest BCUT2D eigenvalue weighted by atomic mass is 9.94. The summed E-state index contributed by atoms with van der Waals surface area (Å²) in [7, 11) is 0. The van der Waals surface area contributed by atoms with Crippen LogP contribution in [0.25, 0.3) is 5.88 Å². The minimum atomic E-state index is -0.246. The SMILES string of the molecule is CCOC(=C(Oc1ccc(Cl)cc1)n1cncn1)C(C)(C)C. The van der Waals surface area contributed by atoms with Gasteiger partial charge in [0.2, 0.25) is 0 Å². The van der Waals surface area contributed by atoms with E-state index in [0.29, 0.717) is 29.0 Å². The average Bonchev–Trinajstić information content (AvgIpc) is 2.97. The number of benzene rings is 1. The molecule has 1 aromatic carbocycles. The van der Waals surface area contributed by atoms with Gasteiger partial charge in [-0.2, -0.15) is 9.78 Å². The monoisotopic (exact) mass is 321 g/mol. The fraction of sp³-hybridized carbons (Fsp3) is 0.375. The summed E-state index contributed by atoms with van der Waals surface area (Å²) in [5.41, 5.74) is -0.246. The molecule has 0 spiro atoms. The first-order chi connectivity index (χ1) is 10.4. The number of aromatic nitrogens is 3. The van der Waals surface area contributed by atoms with Crippen molar-refractivity contribution in [1.29, 1.82) is 0 Å². The molecule has 0 bridgehead atoms. The van der Waals surface area contributed by atoms with Crippen molar-refractivity contribution >= 4 is 17.5 Å². The van der Waals surface area contributed by atoms with Crippen molar-refractivity contribution in [2.75, 3.05) is 6.61 Å². The van der Waals surface area contributed by atoms with Gasteiger partial charge in [-0.25, -0.2) is 4.98 Å². The normalized spacial score (nSPS) is 12.8. The quantitative estimate of drug-likeness (QED) is 0.774. The van der Waals surface area contributed by atoms with Crippen molar-refractivity contribution in [3.05, 3.63) is 47.7 Å². The van der Waals surface area contributed by atoms with E-state index in [2.05, 4.69) is 30.9 Å². The van der Waals surface area contributed by atoms with Gasteiger partial charge in [0.1, 0.15) is 18.4 Å². The summed E-state index contributed by atoms with van der Waals surface area (Å²) < 4.78 is 13.4. The number of hydrogen-bond donors (Lipinski definition) is 0. The lowest BCUT2D eigenvalue weighted by Crippen LogP contribution is -2.20. The lowest BCUT2D eigenvalue weighted by Gasteiger charge is -2.25. The van der Waals surface area contributed by atoms with Crippen LogP contribution in [0, 0.1) is 5.41 Å². The molecule has 0 amide bonds. The van der Waals surface area contributed by atoms with Crippen LogP contribution in [0.15, 0.2) is 42.7 Å². The standard InChI is InChI=1S/C16H20ClN3O2/c1-5-21-14(16(2,3)4)15(20-11-18-10-19-20)22-13-8-6-12(17)7-9-13/h6-11H,5H2,1-4H3. The number of nitrogens with zero attached hydrogens (tertiary/aromatic N) is 3. The largest absolute Gasteiger partial charge is 0.492 e. The summed E-state index contributed by atoms with van der Waals surface area (Å²) in [5.74, 6) is 1.85. The summed E-state index contributed by atoms with van der Waals surface area (Å²) >= 11 is 5.91. The molecule has 2 aromatic rings. The Bertz CT molecular complexity index is 628. The molecule has 0 atom stereocenters. The minimum absolute atomic E-state index is 0.246. The molecule has 0 N–H and O–H groups in total. The molecule has 0 saturated heterocycles. The topological polar surface area (TPSA) is 49.2 Å². The number of ether oxygens (including phenoxy) is 2.